The Hall–Kier alpha value is -1.36. The molecule has 1 aromatic rings. The van der Waals surface area contributed by atoms with E-state index in [-0.39, 0.29) is 19.1 Å². The maximum atomic E-state index is 11.4. The van der Waals surface area contributed by atoms with Gasteiger partial charge in [0.05, 0.1) is 19.3 Å². The van der Waals surface area contributed by atoms with E-state index in [4.69, 9.17) is 21.8 Å². The zero-order valence-corrected chi connectivity index (χ0v) is 9.89. The zero-order chi connectivity index (χ0) is 12.7. The van der Waals surface area contributed by atoms with Gasteiger partial charge in [-0.25, -0.2) is 0 Å². The molecule has 0 radical (unpaired) electrons. The Morgan fingerprint density at radius 2 is 2.12 bits per heavy atom. The minimum Gasteiger partial charge on any atom is -0.394 e. The van der Waals surface area contributed by atoms with Crippen LogP contribution in [-0.4, -0.2) is 35.4 Å². The monoisotopic (exact) mass is 255 g/mol. The molecule has 0 spiro atoms. The third kappa shape index (κ3) is 4.99. The van der Waals surface area contributed by atoms with E-state index in [1.165, 1.54) is 6.08 Å². The quantitative estimate of drug-likeness (QED) is 0.683. The Bertz CT molecular complexity index is 402. The van der Waals surface area contributed by atoms with E-state index >= 15 is 0 Å². The maximum Gasteiger partial charge on any atom is 0.244 e. The second-order valence-corrected chi connectivity index (χ2v) is 3.90. The van der Waals surface area contributed by atoms with Crippen molar-refractivity contribution in [2.45, 2.75) is 6.04 Å². The van der Waals surface area contributed by atoms with Crippen LogP contribution in [0.25, 0.3) is 6.08 Å². The molecule has 0 saturated carbocycles. The molecular formula is C12H14ClNO3. The number of halogens is 1. The van der Waals surface area contributed by atoms with Crippen molar-refractivity contribution in [3.05, 3.63) is 40.9 Å². The van der Waals surface area contributed by atoms with Gasteiger partial charge in [-0.05, 0) is 23.8 Å². The largest absolute Gasteiger partial charge is 0.394 e. The topological polar surface area (TPSA) is 69.6 Å². The van der Waals surface area contributed by atoms with Crippen LogP contribution in [0.4, 0.5) is 0 Å². The number of nitrogens with one attached hydrogen (secondary N) is 1. The lowest BCUT2D eigenvalue weighted by Gasteiger charge is -2.10. The number of aliphatic hydroxyl groups is 2. The van der Waals surface area contributed by atoms with Crippen LogP contribution in [0.15, 0.2) is 30.3 Å². The first-order valence-electron chi connectivity index (χ1n) is 5.11. The summed E-state index contributed by atoms with van der Waals surface area (Å²) in [5.74, 6) is -0.377. The van der Waals surface area contributed by atoms with Gasteiger partial charge < -0.3 is 15.5 Å². The molecule has 1 aromatic carbocycles. The third-order valence-corrected chi connectivity index (χ3v) is 2.30. The molecule has 17 heavy (non-hydrogen) atoms. The predicted molar refractivity (Wildman–Crippen MR) is 66.6 cm³/mol. The van der Waals surface area contributed by atoms with Gasteiger partial charge in [0.2, 0.25) is 5.91 Å². The summed E-state index contributed by atoms with van der Waals surface area (Å²) < 4.78 is 0. The lowest BCUT2D eigenvalue weighted by Crippen LogP contribution is -2.39. The second kappa shape index (κ2) is 7.06. The second-order valence-electron chi connectivity index (χ2n) is 3.46. The van der Waals surface area contributed by atoms with Crippen LogP contribution in [0, 0.1) is 0 Å². The van der Waals surface area contributed by atoms with Crippen LogP contribution in [0.2, 0.25) is 5.02 Å². The Morgan fingerprint density at radius 3 is 2.71 bits per heavy atom. The van der Waals surface area contributed by atoms with Crippen molar-refractivity contribution in [1.29, 1.82) is 0 Å². The third-order valence-electron chi connectivity index (χ3n) is 2.06. The summed E-state index contributed by atoms with van der Waals surface area (Å²) in [5, 5.41) is 20.6. The molecule has 1 amide bonds. The summed E-state index contributed by atoms with van der Waals surface area (Å²) in [4.78, 5) is 11.4. The van der Waals surface area contributed by atoms with Crippen LogP contribution >= 0.6 is 11.6 Å². The summed E-state index contributed by atoms with van der Waals surface area (Å²) in [7, 11) is 0. The molecule has 0 unspecified atom stereocenters. The first-order valence-corrected chi connectivity index (χ1v) is 5.49. The van der Waals surface area contributed by atoms with Gasteiger partial charge in [0.15, 0.2) is 0 Å². The first kappa shape index (κ1) is 13.7. The highest BCUT2D eigenvalue weighted by molar-refractivity contribution is 6.30. The maximum absolute atomic E-state index is 11.4. The van der Waals surface area contributed by atoms with Crippen molar-refractivity contribution in [3.63, 3.8) is 0 Å². The number of rotatable bonds is 5. The summed E-state index contributed by atoms with van der Waals surface area (Å²) in [6, 6.07) is 6.43. The van der Waals surface area contributed by atoms with E-state index in [9.17, 15) is 4.79 Å². The minimum atomic E-state index is -0.633. The molecule has 0 bridgehead atoms. The smallest absolute Gasteiger partial charge is 0.244 e. The molecular weight excluding hydrogens is 242 g/mol. The first-order chi connectivity index (χ1) is 8.15. The van der Waals surface area contributed by atoms with Gasteiger partial charge in [0.25, 0.3) is 0 Å². The lowest BCUT2D eigenvalue weighted by molar-refractivity contribution is -0.117. The molecule has 0 aliphatic carbocycles. The Labute approximate surface area is 105 Å². The highest BCUT2D eigenvalue weighted by Crippen LogP contribution is 2.11. The van der Waals surface area contributed by atoms with Crippen molar-refractivity contribution in [2.75, 3.05) is 13.2 Å². The number of hydrogen-bond acceptors (Lipinski definition) is 3. The van der Waals surface area contributed by atoms with Crippen molar-refractivity contribution in [1.82, 2.24) is 5.32 Å². The Morgan fingerprint density at radius 1 is 1.41 bits per heavy atom. The van der Waals surface area contributed by atoms with Crippen LogP contribution in [-0.2, 0) is 4.79 Å². The highest BCUT2D eigenvalue weighted by atomic mass is 35.5. The molecule has 5 heteroatoms. The van der Waals surface area contributed by atoms with E-state index < -0.39 is 6.04 Å². The lowest BCUT2D eigenvalue weighted by atomic mass is 10.2. The van der Waals surface area contributed by atoms with Crippen molar-refractivity contribution in [2.24, 2.45) is 0 Å². The molecule has 0 aliphatic rings. The van der Waals surface area contributed by atoms with Gasteiger partial charge in [0, 0.05) is 11.1 Å². The van der Waals surface area contributed by atoms with Gasteiger partial charge in [-0.3, -0.25) is 4.79 Å². The van der Waals surface area contributed by atoms with E-state index in [2.05, 4.69) is 5.32 Å². The number of benzene rings is 1. The molecule has 0 aromatic heterocycles. The molecule has 4 nitrogen and oxygen atoms in total. The van der Waals surface area contributed by atoms with Gasteiger partial charge in [-0.1, -0.05) is 23.7 Å². The van der Waals surface area contributed by atoms with Crippen molar-refractivity contribution < 1.29 is 15.0 Å². The van der Waals surface area contributed by atoms with Gasteiger partial charge >= 0.3 is 0 Å². The standard InChI is InChI=1S/C12H14ClNO3/c13-10-3-1-2-9(6-10)4-5-12(17)14-11(7-15)8-16/h1-6,11,15-16H,7-8H2,(H,14,17). The average molecular weight is 256 g/mol. The summed E-state index contributed by atoms with van der Waals surface area (Å²) >= 11 is 5.79. The van der Waals surface area contributed by atoms with E-state index in [1.807, 2.05) is 6.07 Å². The van der Waals surface area contributed by atoms with E-state index in [1.54, 1.807) is 24.3 Å². The zero-order valence-electron chi connectivity index (χ0n) is 9.14. The molecule has 1 rings (SSSR count). The summed E-state index contributed by atoms with van der Waals surface area (Å²) in [6.45, 7) is -0.597. The number of hydrogen-bond donors (Lipinski definition) is 3. The molecule has 0 heterocycles. The van der Waals surface area contributed by atoms with E-state index in [0.717, 1.165) is 5.56 Å². The van der Waals surface area contributed by atoms with Crippen LogP contribution < -0.4 is 5.32 Å². The average Bonchev–Trinajstić information content (AvgIpc) is 2.33. The van der Waals surface area contributed by atoms with Crippen LogP contribution in [0.5, 0.6) is 0 Å². The predicted octanol–water partition coefficient (Wildman–Crippen LogP) is 0.823. The normalized spacial score (nSPS) is 11.1. The number of carbonyl (C=O) groups excluding carboxylic acids is 1. The number of aliphatic hydroxyl groups excluding tert-OH is 2. The van der Waals surface area contributed by atoms with E-state index in [0.29, 0.717) is 5.02 Å². The molecule has 3 N–H and O–H groups in total. The van der Waals surface area contributed by atoms with Crippen LogP contribution in [0.3, 0.4) is 0 Å². The number of carbonyl (C=O) groups is 1. The molecule has 0 fully saturated rings. The summed E-state index contributed by atoms with van der Waals surface area (Å²) in [6.07, 6.45) is 2.93. The SMILES string of the molecule is O=C(C=Cc1cccc(Cl)c1)NC(CO)CO. The molecule has 0 atom stereocenters. The van der Waals surface area contributed by atoms with Crippen molar-refractivity contribution in [3.8, 4) is 0 Å². The molecule has 0 saturated heterocycles. The fraction of sp³-hybridized carbons (Fsp3) is 0.250. The highest BCUT2D eigenvalue weighted by Gasteiger charge is 2.06. The fourth-order valence-electron chi connectivity index (χ4n) is 1.18. The van der Waals surface area contributed by atoms with Crippen molar-refractivity contribution >= 4 is 23.6 Å². The molecule has 92 valence electrons. The Kier molecular flexibility index (Phi) is 5.69. The van der Waals surface area contributed by atoms with Crippen LogP contribution in [0.1, 0.15) is 5.56 Å². The Balaban J connectivity index is 2.56. The summed E-state index contributed by atoms with van der Waals surface area (Å²) in [5.41, 5.74) is 0.803. The fourth-order valence-corrected chi connectivity index (χ4v) is 1.38. The van der Waals surface area contributed by atoms with Gasteiger partial charge in [0.1, 0.15) is 0 Å². The van der Waals surface area contributed by atoms with Gasteiger partial charge in [-0.2, -0.15) is 0 Å². The van der Waals surface area contributed by atoms with Gasteiger partial charge in [-0.15, -0.1) is 0 Å². The number of amides is 1. The molecule has 0 aliphatic heterocycles. The minimum absolute atomic E-state index is 0.298.